The van der Waals surface area contributed by atoms with Crippen molar-refractivity contribution in [3.05, 3.63) is 69.2 Å². The van der Waals surface area contributed by atoms with E-state index in [9.17, 15) is 5.11 Å². The van der Waals surface area contributed by atoms with Crippen LogP contribution in [-0.4, -0.2) is 5.11 Å². The summed E-state index contributed by atoms with van der Waals surface area (Å²) in [5, 5.41) is 10.6. The zero-order valence-electron chi connectivity index (χ0n) is 12.2. The number of hydrogen-bond donors (Lipinski definition) is 1. The van der Waals surface area contributed by atoms with Crippen LogP contribution >= 0.6 is 15.9 Å². The predicted octanol–water partition coefficient (Wildman–Crippen LogP) is 5.04. The van der Waals surface area contributed by atoms with Crippen LogP contribution in [-0.2, 0) is 6.42 Å². The molecule has 0 saturated carbocycles. The van der Waals surface area contributed by atoms with Crippen molar-refractivity contribution in [3.63, 3.8) is 0 Å². The second kappa shape index (κ2) is 6.55. The molecular weight excluding hydrogens is 312 g/mol. The molecule has 2 heteroatoms. The molecule has 0 radical (unpaired) electrons. The first-order valence-electron chi connectivity index (χ1n) is 6.99. The maximum atomic E-state index is 10.6. The van der Waals surface area contributed by atoms with E-state index in [-0.39, 0.29) is 0 Å². The first-order valence-corrected chi connectivity index (χ1v) is 7.79. The van der Waals surface area contributed by atoms with Gasteiger partial charge >= 0.3 is 0 Å². The predicted molar refractivity (Wildman–Crippen MR) is 87.9 cm³/mol. The Morgan fingerprint density at radius 3 is 2.45 bits per heavy atom. The SMILES string of the molecule is Cc1cc(Br)cc(C(O)c2cccc(CC(C)C)c2)c1. The van der Waals surface area contributed by atoms with Gasteiger partial charge in [-0.2, -0.15) is 0 Å². The van der Waals surface area contributed by atoms with Crippen LogP contribution in [0.5, 0.6) is 0 Å². The molecular formula is C18H21BrO. The van der Waals surface area contributed by atoms with Crippen LogP contribution in [0.3, 0.4) is 0 Å². The van der Waals surface area contributed by atoms with Gasteiger partial charge in [0.05, 0.1) is 0 Å². The lowest BCUT2D eigenvalue weighted by atomic mass is 9.96. The summed E-state index contributed by atoms with van der Waals surface area (Å²) in [5.74, 6) is 0.621. The van der Waals surface area contributed by atoms with E-state index >= 15 is 0 Å². The Labute approximate surface area is 129 Å². The molecule has 1 unspecified atom stereocenters. The molecule has 2 aromatic rings. The smallest absolute Gasteiger partial charge is 0.104 e. The first-order chi connectivity index (χ1) is 9.45. The summed E-state index contributed by atoms with van der Waals surface area (Å²) in [6.07, 6.45) is 0.469. The molecule has 0 heterocycles. The number of benzene rings is 2. The molecule has 20 heavy (non-hydrogen) atoms. The highest BCUT2D eigenvalue weighted by Gasteiger charge is 2.12. The highest BCUT2D eigenvalue weighted by atomic mass is 79.9. The highest BCUT2D eigenvalue weighted by Crippen LogP contribution is 2.26. The zero-order chi connectivity index (χ0) is 14.7. The Morgan fingerprint density at radius 2 is 1.80 bits per heavy atom. The van der Waals surface area contributed by atoms with Crippen molar-refractivity contribution in [2.45, 2.75) is 33.3 Å². The Bertz CT molecular complexity index is 569. The van der Waals surface area contributed by atoms with Crippen LogP contribution in [0.25, 0.3) is 0 Å². The van der Waals surface area contributed by atoms with Crippen LogP contribution in [0.2, 0.25) is 0 Å². The van der Waals surface area contributed by atoms with Crippen molar-refractivity contribution in [3.8, 4) is 0 Å². The van der Waals surface area contributed by atoms with Crippen molar-refractivity contribution in [2.24, 2.45) is 5.92 Å². The van der Waals surface area contributed by atoms with Crippen LogP contribution < -0.4 is 0 Å². The Balaban J connectivity index is 2.30. The van der Waals surface area contributed by atoms with Gasteiger partial charge in [0.15, 0.2) is 0 Å². The minimum Gasteiger partial charge on any atom is -0.384 e. The molecule has 1 nitrogen and oxygen atoms in total. The maximum Gasteiger partial charge on any atom is 0.104 e. The van der Waals surface area contributed by atoms with E-state index in [4.69, 9.17) is 0 Å². The topological polar surface area (TPSA) is 20.2 Å². The van der Waals surface area contributed by atoms with Gasteiger partial charge in [-0.05, 0) is 53.6 Å². The number of aryl methyl sites for hydroxylation is 1. The molecule has 0 saturated heterocycles. The number of rotatable bonds is 4. The summed E-state index contributed by atoms with van der Waals surface area (Å²) in [6, 6.07) is 14.3. The largest absolute Gasteiger partial charge is 0.384 e. The quantitative estimate of drug-likeness (QED) is 0.831. The van der Waals surface area contributed by atoms with Gasteiger partial charge in [-0.3, -0.25) is 0 Å². The third kappa shape index (κ3) is 3.94. The third-order valence-electron chi connectivity index (χ3n) is 3.29. The van der Waals surface area contributed by atoms with Crippen LogP contribution in [0, 0.1) is 12.8 Å². The van der Waals surface area contributed by atoms with Crippen molar-refractivity contribution in [1.82, 2.24) is 0 Å². The average molecular weight is 333 g/mol. The van der Waals surface area contributed by atoms with Gasteiger partial charge in [-0.15, -0.1) is 0 Å². The molecule has 0 bridgehead atoms. The van der Waals surface area contributed by atoms with E-state index in [0.29, 0.717) is 5.92 Å². The highest BCUT2D eigenvalue weighted by molar-refractivity contribution is 9.10. The van der Waals surface area contributed by atoms with Gasteiger partial charge in [0, 0.05) is 4.47 Å². The number of aliphatic hydroxyl groups is 1. The van der Waals surface area contributed by atoms with Crippen LogP contribution in [0.15, 0.2) is 46.9 Å². The standard InChI is InChI=1S/C18H21BrO/c1-12(2)7-14-5-4-6-15(10-14)18(20)16-8-13(3)9-17(19)11-16/h4-6,8-12,18,20H,7H2,1-3H3. The van der Waals surface area contributed by atoms with E-state index in [1.54, 1.807) is 0 Å². The fourth-order valence-corrected chi connectivity index (χ4v) is 3.10. The minimum absolute atomic E-state index is 0.571. The molecule has 0 aliphatic rings. The van der Waals surface area contributed by atoms with Gasteiger partial charge in [0.1, 0.15) is 6.10 Å². The lowest BCUT2D eigenvalue weighted by Crippen LogP contribution is -2.02. The van der Waals surface area contributed by atoms with E-state index in [1.165, 1.54) is 5.56 Å². The lowest BCUT2D eigenvalue weighted by molar-refractivity contribution is 0.220. The molecule has 0 aliphatic heterocycles. The fraction of sp³-hybridized carbons (Fsp3) is 0.333. The Kier molecular flexibility index (Phi) is 5.00. The van der Waals surface area contributed by atoms with Gasteiger partial charge in [0.2, 0.25) is 0 Å². The maximum absolute atomic E-state index is 10.6. The number of hydrogen-bond acceptors (Lipinski definition) is 1. The van der Waals surface area contributed by atoms with Crippen molar-refractivity contribution in [2.75, 3.05) is 0 Å². The third-order valence-corrected chi connectivity index (χ3v) is 3.75. The molecule has 2 aromatic carbocycles. The van der Waals surface area contributed by atoms with Crippen LogP contribution in [0.1, 0.15) is 42.2 Å². The Hall–Kier alpha value is -1.12. The molecule has 106 valence electrons. The van der Waals surface area contributed by atoms with E-state index in [1.807, 2.05) is 37.3 Å². The molecule has 0 fully saturated rings. The van der Waals surface area contributed by atoms with Gasteiger partial charge < -0.3 is 5.11 Å². The molecule has 0 spiro atoms. The normalized spacial score (nSPS) is 12.7. The lowest BCUT2D eigenvalue weighted by Gasteiger charge is -2.15. The summed E-state index contributed by atoms with van der Waals surface area (Å²) in [6.45, 7) is 6.46. The van der Waals surface area contributed by atoms with E-state index in [0.717, 1.165) is 27.6 Å². The van der Waals surface area contributed by atoms with E-state index < -0.39 is 6.10 Å². The second-order valence-corrected chi connectivity index (χ2v) is 6.72. The summed E-state index contributed by atoms with van der Waals surface area (Å²) < 4.78 is 1.00. The van der Waals surface area contributed by atoms with Gasteiger partial charge in [-0.25, -0.2) is 0 Å². The van der Waals surface area contributed by atoms with Gasteiger partial charge in [0.25, 0.3) is 0 Å². The molecule has 0 aliphatic carbocycles. The van der Waals surface area contributed by atoms with Crippen LogP contribution in [0.4, 0.5) is 0 Å². The monoisotopic (exact) mass is 332 g/mol. The minimum atomic E-state index is -0.571. The molecule has 1 atom stereocenters. The number of halogens is 1. The molecule has 1 N–H and O–H groups in total. The fourth-order valence-electron chi connectivity index (χ4n) is 2.48. The van der Waals surface area contributed by atoms with E-state index in [2.05, 4.69) is 41.9 Å². The molecule has 2 rings (SSSR count). The van der Waals surface area contributed by atoms with Crippen molar-refractivity contribution in [1.29, 1.82) is 0 Å². The summed E-state index contributed by atoms with van der Waals surface area (Å²) in [7, 11) is 0. The first kappa shape index (κ1) is 15.3. The van der Waals surface area contributed by atoms with Crippen molar-refractivity contribution < 1.29 is 5.11 Å². The molecule has 0 amide bonds. The second-order valence-electron chi connectivity index (χ2n) is 5.81. The summed E-state index contributed by atoms with van der Waals surface area (Å²) >= 11 is 3.49. The van der Waals surface area contributed by atoms with Gasteiger partial charge in [-0.1, -0.05) is 60.1 Å². The van der Waals surface area contributed by atoms with Crippen molar-refractivity contribution >= 4 is 15.9 Å². The Morgan fingerprint density at radius 1 is 1.05 bits per heavy atom. The number of aliphatic hydroxyl groups excluding tert-OH is 1. The summed E-state index contributed by atoms with van der Waals surface area (Å²) in [5.41, 5.74) is 4.31. The summed E-state index contributed by atoms with van der Waals surface area (Å²) in [4.78, 5) is 0. The zero-order valence-corrected chi connectivity index (χ0v) is 13.8. The molecule has 0 aromatic heterocycles. The average Bonchev–Trinajstić information content (AvgIpc) is 2.36.